The van der Waals surface area contributed by atoms with Gasteiger partial charge >= 0.3 is 0 Å². The highest BCUT2D eigenvalue weighted by atomic mass is 19.1. The highest BCUT2D eigenvalue weighted by Gasteiger charge is 2.15. The van der Waals surface area contributed by atoms with E-state index in [1.165, 1.54) is 0 Å². The van der Waals surface area contributed by atoms with Crippen LogP contribution in [0.3, 0.4) is 0 Å². The van der Waals surface area contributed by atoms with E-state index in [1.807, 2.05) is 6.92 Å². The molecule has 1 aromatic rings. The SMILES string of the molecule is CCCc1cc(C(F)CC)c(C=O)nc1C. The predicted molar refractivity (Wildman–Crippen MR) is 62.5 cm³/mol. The Bertz CT molecular complexity index is 376. The summed E-state index contributed by atoms with van der Waals surface area (Å²) >= 11 is 0. The Morgan fingerprint density at radius 2 is 2.19 bits per heavy atom. The number of aldehydes is 1. The van der Waals surface area contributed by atoms with Crippen molar-refractivity contribution >= 4 is 6.29 Å². The van der Waals surface area contributed by atoms with Crippen LogP contribution in [0, 0.1) is 6.92 Å². The van der Waals surface area contributed by atoms with Crippen molar-refractivity contribution in [3.63, 3.8) is 0 Å². The molecule has 0 saturated heterocycles. The monoisotopic (exact) mass is 223 g/mol. The number of pyridine rings is 1. The summed E-state index contributed by atoms with van der Waals surface area (Å²) in [5, 5.41) is 0. The Kier molecular flexibility index (Phi) is 4.59. The molecule has 1 atom stereocenters. The zero-order chi connectivity index (χ0) is 12.1. The molecule has 1 heterocycles. The smallest absolute Gasteiger partial charge is 0.168 e. The van der Waals surface area contributed by atoms with Crippen LogP contribution in [0.2, 0.25) is 0 Å². The Hall–Kier alpha value is -1.25. The molecule has 3 heteroatoms. The zero-order valence-corrected chi connectivity index (χ0v) is 10.1. The average Bonchev–Trinajstić information content (AvgIpc) is 2.30. The summed E-state index contributed by atoms with van der Waals surface area (Å²) in [4.78, 5) is 15.0. The molecular weight excluding hydrogens is 205 g/mol. The van der Waals surface area contributed by atoms with E-state index in [2.05, 4.69) is 11.9 Å². The number of carbonyl (C=O) groups is 1. The number of nitrogens with zero attached hydrogens (tertiary/aromatic N) is 1. The van der Waals surface area contributed by atoms with Crippen molar-refractivity contribution in [2.45, 2.75) is 46.2 Å². The summed E-state index contributed by atoms with van der Waals surface area (Å²) < 4.78 is 13.7. The summed E-state index contributed by atoms with van der Waals surface area (Å²) in [6.07, 6.45) is 1.79. The summed E-state index contributed by atoms with van der Waals surface area (Å²) in [5.74, 6) is 0. The molecule has 0 N–H and O–H groups in total. The highest BCUT2D eigenvalue weighted by molar-refractivity contribution is 5.74. The van der Waals surface area contributed by atoms with E-state index >= 15 is 0 Å². The van der Waals surface area contributed by atoms with Crippen molar-refractivity contribution < 1.29 is 9.18 Å². The summed E-state index contributed by atoms with van der Waals surface area (Å²) in [6.45, 7) is 5.69. The molecule has 0 aliphatic carbocycles. The van der Waals surface area contributed by atoms with Gasteiger partial charge in [-0.2, -0.15) is 0 Å². The predicted octanol–water partition coefficient (Wildman–Crippen LogP) is 3.58. The first-order chi connectivity index (χ1) is 7.63. The van der Waals surface area contributed by atoms with Gasteiger partial charge in [0.25, 0.3) is 0 Å². The van der Waals surface area contributed by atoms with Crippen molar-refractivity contribution in [3.8, 4) is 0 Å². The third-order valence-electron chi connectivity index (χ3n) is 2.71. The van der Waals surface area contributed by atoms with Gasteiger partial charge in [-0.1, -0.05) is 20.3 Å². The van der Waals surface area contributed by atoms with Crippen LogP contribution in [0.1, 0.15) is 60.2 Å². The van der Waals surface area contributed by atoms with E-state index in [0.29, 0.717) is 18.3 Å². The summed E-state index contributed by atoms with van der Waals surface area (Å²) in [6, 6.07) is 1.80. The number of hydrogen-bond donors (Lipinski definition) is 0. The molecule has 1 unspecified atom stereocenters. The average molecular weight is 223 g/mol. The highest BCUT2D eigenvalue weighted by Crippen LogP contribution is 2.25. The minimum absolute atomic E-state index is 0.242. The Balaban J connectivity index is 3.22. The van der Waals surface area contributed by atoms with Crippen molar-refractivity contribution in [1.29, 1.82) is 0 Å². The van der Waals surface area contributed by atoms with Crippen LogP contribution < -0.4 is 0 Å². The first-order valence-electron chi connectivity index (χ1n) is 5.73. The Morgan fingerprint density at radius 3 is 2.69 bits per heavy atom. The van der Waals surface area contributed by atoms with Gasteiger partial charge in [0, 0.05) is 11.3 Å². The maximum Gasteiger partial charge on any atom is 0.168 e. The number of halogens is 1. The zero-order valence-electron chi connectivity index (χ0n) is 10.1. The van der Waals surface area contributed by atoms with Crippen LogP contribution in [0.15, 0.2) is 6.07 Å². The van der Waals surface area contributed by atoms with E-state index < -0.39 is 6.17 Å². The van der Waals surface area contributed by atoms with Crippen molar-refractivity contribution in [1.82, 2.24) is 4.98 Å². The summed E-state index contributed by atoms with van der Waals surface area (Å²) in [5.41, 5.74) is 2.55. The molecule has 1 aromatic heterocycles. The lowest BCUT2D eigenvalue weighted by Crippen LogP contribution is -2.05. The molecule has 2 nitrogen and oxygen atoms in total. The largest absolute Gasteiger partial charge is 0.296 e. The van der Waals surface area contributed by atoms with Gasteiger partial charge in [0.1, 0.15) is 11.9 Å². The van der Waals surface area contributed by atoms with Crippen LogP contribution in [0.4, 0.5) is 4.39 Å². The molecule has 0 spiro atoms. The molecule has 0 amide bonds. The normalized spacial score (nSPS) is 12.5. The molecule has 0 aromatic carbocycles. The molecule has 0 fully saturated rings. The van der Waals surface area contributed by atoms with Gasteiger partial charge in [-0.3, -0.25) is 4.79 Å². The molecule has 16 heavy (non-hydrogen) atoms. The van der Waals surface area contributed by atoms with Gasteiger partial charge < -0.3 is 0 Å². The van der Waals surface area contributed by atoms with E-state index in [1.54, 1.807) is 13.0 Å². The third-order valence-corrected chi connectivity index (χ3v) is 2.71. The minimum atomic E-state index is -1.09. The van der Waals surface area contributed by atoms with Gasteiger partial charge in [0.2, 0.25) is 0 Å². The molecule has 0 aliphatic rings. The lowest BCUT2D eigenvalue weighted by molar-refractivity contribution is 0.111. The number of rotatable bonds is 5. The number of alkyl halides is 1. The van der Waals surface area contributed by atoms with Crippen LogP contribution in [-0.4, -0.2) is 11.3 Å². The van der Waals surface area contributed by atoms with Gasteiger partial charge in [-0.25, -0.2) is 9.37 Å². The van der Waals surface area contributed by atoms with E-state index in [-0.39, 0.29) is 5.69 Å². The number of aryl methyl sites for hydroxylation is 2. The second-order valence-electron chi connectivity index (χ2n) is 3.95. The van der Waals surface area contributed by atoms with Crippen molar-refractivity contribution in [2.24, 2.45) is 0 Å². The molecule has 1 rings (SSSR count). The lowest BCUT2D eigenvalue weighted by Gasteiger charge is -2.12. The van der Waals surface area contributed by atoms with Crippen LogP contribution in [0.5, 0.6) is 0 Å². The fraction of sp³-hybridized carbons (Fsp3) is 0.538. The lowest BCUT2D eigenvalue weighted by atomic mass is 10.0. The van der Waals surface area contributed by atoms with Gasteiger partial charge in [0.05, 0.1) is 0 Å². The maximum atomic E-state index is 13.7. The quantitative estimate of drug-likeness (QED) is 0.714. The Morgan fingerprint density at radius 1 is 1.50 bits per heavy atom. The second kappa shape index (κ2) is 5.73. The summed E-state index contributed by atoms with van der Waals surface area (Å²) in [7, 11) is 0. The van der Waals surface area contributed by atoms with Gasteiger partial charge in [-0.15, -0.1) is 0 Å². The molecule has 0 radical (unpaired) electrons. The van der Waals surface area contributed by atoms with E-state index in [9.17, 15) is 9.18 Å². The fourth-order valence-corrected chi connectivity index (χ4v) is 1.77. The molecule has 88 valence electrons. The van der Waals surface area contributed by atoms with E-state index in [4.69, 9.17) is 0 Å². The maximum absolute atomic E-state index is 13.7. The number of carbonyl (C=O) groups excluding carboxylic acids is 1. The van der Waals surface area contributed by atoms with Crippen molar-refractivity contribution in [2.75, 3.05) is 0 Å². The van der Waals surface area contributed by atoms with Gasteiger partial charge in [0.15, 0.2) is 6.29 Å². The first kappa shape index (κ1) is 12.8. The molecule has 0 bridgehead atoms. The molecule has 0 saturated carbocycles. The fourth-order valence-electron chi connectivity index (χ4n) is 1.77. The number of aromatic nitrogens is 1. The van der Waals surface area contributed by atoms with Crippen LogP contribution in [-0.2, 0) is 6.42 Å². The standard InChI is InChI=1S/C13H18FNO/c1-4-6-10-7-11(12(14)5-2)13(8-16)15-9(10)3/h7-8,12H,4-6H2,1-3H3. The van der Waals surface area contributed by atoms with Crippen LogP contribution in [0.25, 0.3) is 0 Å². The van der Waals surface area contributed by atoms with Crippen molar-refractivity contribution in [3.05, 3.63) is 28.6 Å². The van der Waals surface area contributed by atoms with Crippen LogP contribution >= 0.6 is 0 Å². The third kappa shape index (κ3) is 2.65. The first-order valence-corrected chi connectivity index (χ1v) is 5.73. The minimum Gasteiger partial charge on any atom is -0.296 e. The number of hydrogen-bond acceptors (Lipinski definition) is 2. The Labute approximate surface area is 95.9 Å². The van der Waals surface area contributed by atoms with Gasteiger partial charge in [-0.05, 0) is 31.4 Å². The molecule has 0 aliphatic heterocycles. The van der Waals surface area contributed by atoms with E-state index in [0.717, 1.165) is 24.1 Å². The molecular formula is C13H18FNO. The topological polar surface area (TPSA) is 30.0 Å². The second-order valence-corrected chi connectivity index (χ2v) is 3.95.